The van der Waals surface area contributed by atoms with Crippen LogP contribution in [0.1, 0.15) is 5.56 Å². The molecule has 0 heterocycles. The van der Waals surface area contributed by atoms with Gasteiger partial charge in [-0.15, -0.1) is 0 Å². The molecule has 3 N–H and O–H groups in total. The fraction of sp³-hybridized carbons (Fsp3) is 0.0833. The van der Waals surface area contributed by atoms with E-state index in [0.717, 1.165) is 0 Å². The Morgan fingerprint density at radius 1 is 0.882 bits per heavy atom. The fourth-order valence-corrected chi connectivity index (χ4v) is 2.89. The minimum atomic E-state index is -0.946. The van der Waals surface area contributed by atoms with E-state index in [0.29, 0.717) is 33.5 Å². The Kier molecular flexibility index (Phi) is 8.59. The van der Waals surface area contributed by atoms with Gasteiger partial charge >= 0.3 is 11.8 Å². The number of carbonyl (C=O) groups excluding carboxylic acids is 3. The van der Waals surface area contributed by atoms with Crippen molar-refractivity contribution in [2.45, 2.75) is 0 Å². The summed E-state index contributed by atoms with van der Waals surface area (Å²) in [4.78, 5) is 36.0. The summed E-state index contributed by atoms with van der Waals surface area (Å²) < 4.78 is 10.6. The number of ether oxygens (including phenoxy) is 2. The van der Waals surface area contributed by atoms with Crippen molar-refractivity contribution in [2.75, 3.05) is 24.4 Å². The van der Waals surface area contributed by atoms with Gasteiger partial charge in [0.2, 0.25) is 0 Å². The number of rotatable bonds is 8. The van der Waals surface area contributed by atoms with Gasteiger partial charge < -0.3 is 20.1 Å². The number of benzene rings is 3. The predicted octanol–water partition coefficient (Wildman–Crippen LogP) is 3.45. The quantitative estimate of drug-likeness (QED) is 0.259. The Morgan fingerprint density at radius 2 is 1.59 bits per heavy atom. The summed E-state index contributed by atoms with van der Waals surface area (Å²) in [5.41, 5.74) is 3.70. The summed E-state index contributed by atoms with van der Waals surface area (Å²) in [6, 6.07) is 20.1. The minimum absolute atomic E-state index is 0.210. The molecule has 0 spiro atoms. The highest BCUT2D eigenvalue weighted by molar-refractivity contribution is 6.39. The second kappa shape index (κ2) is 12.0. The predicted molar refractivity (Wildman–Crippen MR) is 129 cm³/mol. The van der Waals surface area contributed by atoms with Crippen LogP contribution in [0.15, 0.2) is 77.9 Å². The van der Waals surface area contributed by atoms with Crippen LogP contribution < -0.4 is 25.5 Å². The lowest BCUT2D eigenvalue weighted by molar-refractivity contribution is -0.136. The van der Waals surface area contributed by atoms with Crippen molar-refractivity contribution in [3.63, 3.8) is 0 Å². The number of hydrogen-bond acceptors (Lipinski definition) is 6. The SMILES string of the molecule is COc1cccc(NC(=O)COc2cccc(/C=N\NC(=O)C(=O)Nc3cccc(Cl)c3)c2)c1. The van der Waals surface area contributed by atoms with Crippen LogP contribution in [-0.2, 0) is 14.4 Å². The van der Waals surface area contributed by atoms with E-state index in [1.807, 2.05) is 0 Å². The summed E-state index contributed by atoms with van der Waals surface area (Å²) in [5, 5.41) is 9.33. The fourth-order valence-electron chi connectivity index (χ4n) is 2.70. The zero-order valence-electron chi connectivity index (χ0n) is 18.1. The Bertz CT molecular complexity index is 1220. The maximum Gasteiger partial charge on any atom is 0.329 e. The molecule has 174 valence electrons. The molecule has 0 aromatic heterocycles. The molecule has 9 nitrogen and oxygen atoms in total. The van der Waals surface area contributed by atoms with Gasteiger partial charge in [-0.3, -0.25) is 14.4 Å². The van der Waals surface area contributed by atoms with Crippen molar-refractivity contribution in [2.24, 2.45) is 5.10 Å². The summed E-state index contributed by atoms with van der Waals surface area (Å²) in [5.74, 6) is -1.13. The Balaban J connectivity index is 1.48. The summed E-state index contributed by atoms with van der Waals surface area (Å²) >= 11 is 5.85. The molecule has 0 aliphatic carbocycles. The van der Waals surface area contributed by atoms with Crippen LogP contribution in [-0.4, -0.2) is 37.7 Å². The van der Waals surface area contributed by atoms with Crippen molar-refractivity contribution in [3.8, 4) is 11.5 Å². The van der Waals surface area contributed by atoms with Crippen molar-refractivity contribution in [1.29, 1.82) is 0 Å². The lowest BCUT2D eigenvalue weighted by Crippen LogP contribution is -2.32. The molecule has 0 fully saturated rings. The highest BCUT2D eigenvalue weighted by Crippen LogP contribution is 2.17. The van der Waals surface area contributed by atoms with Crippen molar-refractivity contribution < 1.29 is 23.9 Å². The Morgan fingerprint density at radius 3 is 2.35 bits per heavy atom. The normalized spacial score (nSPS) is 10.4. The number of nitrogens with one attached hydrogen (secondary N) is 3. The molecule has 3 aromatic rings. The topological polar surface area (TPSA) is 118 Å². The van der Waals surface area contributed by atoms with Crippen LogP contribution in [0, 0.1) is 0 Å². The first-order chi connectivity index (χ1) is 16.4. The van der Waals surface area contributed by atoms with E-state index >= 15 is 0 Å². The average Bonchev–Trinajstić information content (AvgIpc) is 2.83. The standard InChI is InChI=1S/C24H21ClN4O5/c1-33-20-9-4-8-19(13-20)27-22(30)15-34-21-10-2-5-16(11-21)14-26-29-24(32)23(31)28-18-7-3-6-17(25)12-18/h2-14H,15H2,1H3,(H,27,30)(H,28,31)(H,29,32)/b26-14-. The zero-order chi connectivity index (χ0) is 24.3. The molecule has 0 saturated carbocycles. The highest BCUT2D eigenvalue weighted by atomic mass is 35.5. The number of carbonyl (C=O) groups is 3. The molecule has 3 amide bonds. The van der Waals surface area contributed by atoms with Crippen LogP contribution in [0.25, 0.3) is 0 Å². The molecule has 0 atom stereocenters. The van der Waals surface area contributed by atoms with Gasteiger partial charge in [-0.25, -0.2) is 5.43 Å². The Hall–Kier alpha value is -4.37. The van der Waals surface area contributed by atoms with Gasteiger partial charge in [0.25, 0.3) is 5.91 Å². The van der Waals surface area contributed by atoms with Gasteiger partial charge in [0.15, 0.2) is 6.61 Å². The molecule has 0 bridgehead atoms. The van der Waals surface area contributed by atoms with Crippen LogP contribution in [0.2, 0.25) is 5.02 Å². The maximum absolute atomic E-state index is 12.1. The molecular formula is C24H21ClN4O5. The van der Waals surface area contributed by atoms with Gasteiger partial charge in [0.05, 0.1) is 13.3 Å². The first kappa shape index (κ1) is 24.3. The van der Waals surface area contributed by atoms with Gasteiger partial charge in [0, 0.05) is 22.5 Å². The van der Waals surface area contributed by atoms with Gasteiger partial charge in [-0.2, -0.15) is 5.10 Å². The summed E-state index contributed by atoms with van der Waals surface area (Å²) in [6.45, 7) is -0.210. The average molecular weight is 481 g/mol. The first-order valence-corrected chi connectivity index (χ1v) is 10.4. The smallest absolute Gasteiger partial charge is 0.329 e. The number of nitrogens with zero attached hydrogens (tertiary/aromatic N) is 1. The number of hydrazone groups is 1. The Labute approximate surface area is 200 Å². The van der Waals surface area contributed by atoms with E-state index < -0.39 is 11.8 Å². The third kappa shape index (κ3) is 7.64. The van der Waals surface area contributed by atoms with Crippen LogP contribution in [0.5, 0.6) is 11.5 Å². The number of hydrogen-bond donors (Lipinski definition) is 3. The molecule has 10 heteroatoms. The first-order valence-electron chi connectivity index (χ1n) is 9.99. The lowest BCUT2D eigenvalue weighted by Gasteiger charge is -2.09. The van der Waals surface area contributed by atoms with Crippen molar-refractivity contribution in [1.82, 2.24) is 5.43 Å². The second-order valence-corrected chi connectivity index (χ2v) is 7.24. The monoisotopic (exact) mass is 480 g/mol. The van der Waals surface area contributed by atoms with Crippen LogP contribution in [0.4, 0.5) is 11.4 Å². The van der Waals surface area contributed by atoms with Crippen molar-refractivity contribution >= 4 is 46.9 Å². The molecule has 0 saturated heterocycles. The summed E-state index contributed by atoms with van der Waals surface area (Å²) in [7, 11) is 1.54. The largest absolute Gasteiger partial charge is 0.497 e. The minimum Gasteiger partial charge on any atom is -0.497 e. The number of methoxy groups -OCH3 is 1. The van der Waals surface area contributed by atoms with Crippen molar-refractivity contribution in [3.05, 3.63) is 83.4 Å². The number of halogens is 1. The molecule has 0 unspecified atom stereocenters. The third-order valence-corrected chi connectivity index (χ3v) is 4.49. The maximum atomic E-state index is 12.1. The van der Waals surface area contributed by atoms with Gasteiger partial charge in [0.1, 0.15) is 11.5 Å². The molecule has 3 rings (SSSR count). The van der Waals surface area contributed by atoms with Gasteiger partial charge in [-0.1, -0.05) is 35.9 Å². The van der Waals surface area contributed by atoms with E-state index in [1.54, 1.807) is 73.8 Å². The molecule has 0 radical (unpaired) electrons. The molecule has 34 heavy (non-hydrogen) atoms. The lowest BCUT2D eigenvalue weighted by atomic mass is 10.2. The van der Waals surface area contributed by atoms with E-state index in [1.165, 1.54) is 12.3 Å². The molecule has 0 aliphatic rings. The van der Waals surface area contributed by atoms with Crippen LogP contribution >= 0.6 is 11.6 Å². The molecular weight excluding hydrogens is 460 g/mol. The van der Waals surface area contributed by atoms with E-state index in [-0.39, 0.29) is 12.5 Å². The third-order valence-electron chi connectivity index (χ3n) is 4.25. The van der Waals surface area contributed by atoms with Gasteiger partial charge in [-0.05, 0) is 48.0 Å². The van der Waals surface area contributed by atoms with E-state index in [4.69, 9.17) is 21.1 Å². The summed E-state index contributed by atoms with van der Waals surface area (Å²) in [6.07, 6.45) is 1.34. The van der Waals surface area contributed by atoms with Crippen LogP contribution in [0.3, 0.4) is 0 Å². The highest BCUT2D eigenvalue weighted by Gasteiger charge is 2.13. The zero-order valence-corrected chi connectivity index (χ0v) is 18.8. The second-order valence-electron chi connectivity index (χ2n) is 6.80. The molecule has 0 aliphatic heterocycles. The van der Waals surface area contributed by atoms with E-state index in [9.17, 15) is 14.4 Å². The molecule has 3 aromatic carbocycles. The number of amides is 3. The van der Waals surface area contributed by atoms with E-state index in [2.05, 4.69) is 21.2 Å². The number of anilines is 2.